The molecule has 0 aliphatic rings. The average Bonchev–Trinajstić information content (AvgIpc) is 2.14. The van der Waals surface area contributed by atoms with Gasteiger partial charge in [0.25, 0.3) is 0 Å². The van der Waals surface area contributed by atoms with E-state index in [1.165, 1.54) is 0 Å². The van der Waals surface area contributed by atoms with Crippen LogP contribution in [0, 0.1) is 0 Å². The third kappa shape index (κ3) is 0.710. The molecule has 0 N–H and O–H groups in total. The predicted octanol–water partition coefficient (Wildman–Crippen LogP) is 0.377. The maximum atomic E-state index is 3.99. The molecule has 0 atom stereocenters. The summed E-state index contributed by atoms with van der Waals surface area (Å²) in [7, 11) is 1.89. The van der Waals surface area contributed by atoms with Crippen LogP contribution in [0.15, 0.2) is 6.33 Å². The first kappa shape index (κ1) is 5.28. The Hall–Kier alpha value is -0.860. The summed E-state index contributed by atoms with van der Waals surface area (Å²) in [5.41, 5.74) is 0. The maximum Gasteiger partial charge on any atom is 0.138 e. The van der Waals surface area contributed by atoms with Gasteiger partial charge in [0.2, 0.25) is 0 Å². The fourth-order valence-electron chi connectivity index (χ4n) is 0.640. The molecule has 1 aromatic heterocycles. The number of hydrogen-bond acceptors (Lipinski definition) is 2. The minimum absolute atomic E-state index is 0.955. The standard InChI is InChI=1S/C5H9N3/c1-3-5-6-4-7-8(5)2/h4H,3H2,1-2H3. The summed E-state index contributed by atoms with van der Waals surface area (Å²) in [6, 6.07) is 0. The van der Waals surface area contributed by atoms with Gasteiger partial charge in [-0.1, -0.05) is 6.92 Å². The lowest BCUT2D eigenvalue weighted by molar-refractivity contribution is 0.709. The van der Waals surface area contributed by atoms with Gasteiger partial charge in [0.05, 0.1) is 0 Å². The van der Waals surface area contributed by atoms with E-state index in [-0.39, 0.29) is 0 Å². The van der Waals surface area contributed by atoms with Gasteiger partial charge in [-0.3, -0.25) is 4.68 Å². The summed E-state index contributed by atoms with van der Waals surface area (Å²) in [4.78, 5) is 3.99. The molecule has 0 saturated heterocycles. The lowest BCUT2D eigenvalue weighted by Gasteiger charge is -1.90. The second-order valence-electron chi connectivity index (χ2n) is 1.65. The van der Waals surface area contributed by atoms with Crippen molar-refractivity contribution < 1.29 is 0 Å². The van der Waals surface area contributed by atoms with Crippen molar-refractivity contribution in [1.82, 2.24) is 14.8 Å². The molecule has 0 spiro atoms. The summed E-state index contributed by atoms with van der Waals surface area (Å²) in [6.45, 7) is 2.06. The molecule has 0 radical (unpaired) electrons. The second kappa shape index (κ2) is 1.94. The van der Waals surface area contributed by atoms with Crippen molar-refractivity contribution in [2.45, 2.75) is 13.3 Å². The van der Waals surface area contributed by atoms with Crippen LogP contribution >= 0.6 is 0 Å². The molecule has 8 heavy (non-hydrogen) atoms. The molecule has 3 heteroatoms. The predicted molar refractivity (Wildman–Crippen MR) is 30.4 cm³/mol. The van der Waals surface area contributed by atoms with Gasteiger partial charge >= 0.3 is 0 Å². The van der Waals surface area contributed by atoms with Crippen LogP contribution in [0.1, 0.15) is 12.7 Å². The number of rotatable bonds is 1. The molecule has 0 aliphatic heterocycles. The van der Waals surface area contributed by atoms with Crippen LogP contribution < -0.4 is 0 Å². The van der Waals surface area contributed by atoms with Crippen molar-refractivity contribution >= 4 is 0 Å². The van der Waals surface area contributed by atoms with Crippen LogP contribution in [-0.2, 0) is 13.5 Å². The van der Waals surface area contributed by atoms with Crippen molar-refractivity contribution in [1.29, 1.82) is 0 Å². The van der Waals surface area contributed by atoms with E-state index in [4.69, 9.17) is 0 Å². The molecule has 1 rings (SSSR count). The van der Waals surface area contributed by atoms with Gasteiger partial charge in [-0.2, -0.15) is 5.10 Å². The maximum absolute atomic E-state index is 3.99. The molecule has 0 unspecified atom stereocenters. The number of aromatic nitrogens is 3. The smallest absolute Gasteiger partial charge is 0.138 e. The van der Waals surface area contributed by atoms with E-state index >= 15 is 0 Å². The van der Waals surface area contributed by atoms with Crippen molar-refractivity contribution in [2.75, 3.05) is 0 Å². The summed E-state index contributed by atoms with van der Waals surface area (Å²) in [5, 5.41) is 3.89. The highest BCUT2D eigenvalue weighted by Crippen LogP contribution is 1.88. The van der Waals surface area contributed by atoms with Crippen LogP contribution in [0.25, 0.3) is 0 Å². The molecule has 0 amide bonds. The largest absolute Gasteiger partial charge is 0.253 e. The average molecular weight is 111 g/mol. The SMILES string of the molecule is CCc1ncnn1C. The summed E-state index contributed by atoms with van der Waals surface area (Å²) >= 11 is 0. The number of nitrogens with zero attached hydrogens (tertiary/aromatic N) is 3. The van der Waals surface area contributed by atoms with Crippen molar-refractivity contribution in [2.24, 2.45) is 7.05 Å². The summed E-state index contributed by atoms with van der Waals surface area (Å²) in [6.07, 6.45) is 2.52. The van der Waals surface area contributed by atoms with Crippen LogP contribution in [-0.4, -0.2) is 14.8 Å². The van der Waals surface area contributed by atoms with Gasteiger partial charge in [-0.05, 0) is 0 Å². The Morgan fingerprint density at radius 3 is 2.75 bits per heavy atom. The topological polar surface area (TPSA) is 30.7 Å². The molecule has 0 aromatic carbocycles. The Kier molecular flexibility index (Phi) is 1.28. The monoisotopic (exact) mass is 111 g/mol. The van der Waals surface area contributed by atoms with Gasteiger partial charge in [-0.15, -0.1) is 0 Å². The van der Waals surface area contributed by atoms with E-state index in [1.54, 1.807) is 11.0 Å². The number of hydrogen-bond donors (Lipinski definition) is 0. The Labute approximate surface area is 48.4 Å². The summed E-state index contributed by atoms with van der Waals surface area (Å²) in [5.74, 6) is 1.03. The van der Waals surface area contributed by atoms with E-state index < -0.39 is 0 Å². The molecule has 0 saturated carbocycles. The minimum Gasteiger partial charge on any atom is -0.253 e. The highest BCUT2D eigenvalue weighted by molar-refractivity contribution is 4.80. The lowest BCUT2D eigenvalue weighted by atomic mass is 10.5. The Morgan fingerprint density at radius 2 is 2.50 bits per heavy atom. The van der Waals surface area contributed by atoms with E-state index in [9.17, 15) is 0 Å². The first-order valence-electron chi connectivity index (χ1n) is 2.67. The Balaban J connectivity index is 2.92. The highest BCUT2D eigenvalue weighted by Gasteiger charge is 1.92. The quantitative estimate of drug-likeness (QED) is 0.524. The number of aryl methyl sites for hydroxylation is 2. The van der Waals surface area contributed by atoms with Gasteiger partial charge in [0.15, 0.2) is 0 Å². The van der Waals surface area contributed by atoms with Gasteiger partial charge in [0.1, 0.15) is 12.2 Å². The third-order valence-electron chi connectivity index (χ3n) is 1.12. The van der Waals surface area contributed by atoms with Crippen LogP contribution in [0.2, 0.25) is 0 Å². The molecule has 0 bridgehead atoms. The van der Waals surface area contributed by atoms with Gasteiger partial charge in [0, 0.05) is 13.5 Å². The molecule has 44 valence electrons. The summed E-state index contributed by atoms with van der Waals surface area (Å²) < 4.78 is 1.78. The molecule has 1 aromatic rings. The zero-order valence-electron chi connectivity index (χ0n) is 5.13. The van der Waals surface area contributed by atoms with Gasteiger partial charge < -0.3 is 0 Å². The van der Waals surface area contributed by atoms with Crippen molar-refractivity contribution in [3.05, 3.63) is 12.2 Å². The fraction of sp³-hybridized carbons (Fsp3) is 0.600. The first-order valence-corrected chi connectivity index (χ1v) is 2.67. The van der Waals surface area contributed by atoms with Crippen molar-refractivity contribution in [3.8, 4) is 0 Å². The minimum atomic E-state index is 0.955. The zero-order valence-corrected chi connectivity index (χ0v) is 5.13. The molecule has 1 heterocycles. The van der Waals surface area contributed by atoms with E-state index in [1.807, 2.05) is 7.05 Å². The molecule has 3 nitrogen and oxygen atoms in total. The van der Waals surface area contributed by atoms with Crippen molar-refractivity contribution in [3.63, 3.8) is 0 Å². The van der Waals surface area contributed by atoms with E-state index in [0.29, 0.717) is 0 Å². The molecule has 0 aliphatic carbocycles. The van der Waals surface area contributed by atoms with E-state index in [0.717, 1.165) is 12.2 Å². The third-order valence-corrected chi connectivity index (χ3v) is 1.12. The first-order chi connectivity index (χ1) is 3.84. The Morgan fingerprint density at radius 1 is 1.75 bits per heavy atom. The molecular formula is C5H9N3. The van der Waals surface area contributed by atoms with Crippen LogP contribution in [0.4, 0.5) is 0 Å². The normalized spacial score (nSPS) is 9.75. The van der Waals surface area contributed by atoms with E-state index in [2.05, 4.69) is 17.0 Å². The fourth-order valence-corrected chi connectivity index (χ4v) is 0.640. The van der Waals surface area contributed by atoms with Crippen LogP contribution in [0.5, 0.6) is 0 Å². The molecule has 0 fully saturated rings. The molecular weight excluding hydrogens is 102 g/mol. The zero-order chi connectivity index (χ0) is 5.98. The lowest BCUT2D eigenvalue weighted by Crippen LogP contribution is -1.96. The van der Waals surface area contributed by atoms with Gasteiger partial charge in [-0.25, -0.2) is 4.98 Å². The second-order valence-corrected chi connectivity index (χ2v) is 1.65. The highest BCUT2D eigenvalue weighted by atomic mass is 15.3. The Bertz CT molecular complexity index is 168. The van der Waals surface area contributed by atoms with Crippen LogP contribution in [0.3, 0.4) is 0 Å².